The summed E-state index contributed by atoms with van der Waals surface area (Å²) >= 11 is 0. The van der Waals surface area contributed by atoms with E-state index in [4.69, 9.17) is 5.73 Å². The minimum Gasteiger partial charge on any atom is -0.399 e. The minimum atomic E-state index is -3.56. The van der Waals surface area contributed by atoms with Crippen LogP contribution in [-0.4, -0.2) is 14.5 Å². The SMILES string of the molecule is Cc1cc(S(=O)(=O)N2c3ccccc3CC2C)ccc1N. The fraction of sp³-hybridized carbons (Fsp3) is 0.250. The number of hydrogen-bond acceptors (Lipinski definition) is 3. The number of rotatable bonds is 2. The first-order valence-corrected chi connectivity index (χ1v) is 8.34. The fourth-order valence-electron chi connectivity index (χ4n) is 2.83. The van der Waals surface area contributed by atoms with Gasteiger partial charge in [-0.15, -0.1) is 0 Å². The van der Waals surface area contributed by atoms with E-state index in [-0.39, 0.29) is 10.9 Å². The maximum Gasteiger partial charge on any atom is 0.264 e. The summed E-state index contributed by atoms with van der Waals surface area (Å²) in [5.41, 5.74) is 9.00. The Labute approximate surface area is 125 Å². The van der Waals surface area contributed by atoms with Crippen LogP contribution in [-0.2, 0) is 16.4 Å². The number of aryl methyl sites for hydroxylation is 1. The Hall–Kier alpha value is -2.01. The molecule has 1 heterocycles. The molecule has 0 amide bonds. The van der Waals surface area contributed by atoms with Gasteiger partial charge in [-0.05, 0) is 55.7 Å². The zero-order chi connectivity index (χ0) is 15.2. The van der Waals surface area contributed by atoms with Crippen LogP contribution in [0.1, 0.15) is 18.1 Å². The van der Waals surface area contributed by atoms with Gasteiger partial charge in [0.1, 0.15) is 0 Å². The molecule has 0 aliphatic carbocycles. The Kier molecular flexibility index (Phi) is 3.17. The molecular weight excluding hydrogens is 284 g/mol. The van der Waals surface area contributed by atoms with Gasteiger partial charge in [-0.3, -0.25) is 4.31 Å². The second-order valence-corrected chi connectivity index (χ2v) is 7.32. The molecule has 0 radical (unpaired) electrons. The molecule has 2 aromatic carbocycles. The van der Waals surface area contributed by atoms with Crippen LogP contribution in [0.15, 0.2) is 47.4 Å². The van der Waals surface area contributed by atoms with Gasteiger partial charge in [-0.1, -0.05) is 18.2 Å². The third-order valence-corrected chi connectivity index (χ3v) is 5.87. The van der Waals surface area contributed by atoms with Crippen molar-refractivity contribution < 1.29 is 8.42 Å². The number of hydrogen-bond donors (Lipinski definition) is 1. The summed E-state index contributed by atoms with van der Waals surface area (Å²) in [6.45, 7) is 3.75. The van der Waals surface area contributed by atoms with Crippen LogP contribution in [0.2, 0.25) is 0 Å². The molecule has 1 atom stereocenters. The van der Waals surface area contributed by atoms with Crippen LogP contribution in [0.4, 0.5) is 11.4 Å². The number of fused-ring (bicyclic) bond motifs is 1. The summed E-state index contributed by atoms with van der Waals surface area (Å²) in [7, 11) is -3.56. The van der Waals surface area contributed by atoms with Crippen molar-refractivity contribution >= 4 is 21.4 Å². The third kappa shape index (κ3) is 2.17. The molecule has 0 bridgehead atoms. The van der Waals surface area contributed by atoms with E-state index in [0.29, 0.717) is 5.69 Å². The smallest absolute Gasteiger partial charge is 0.264 e. The van der Waals surface area contributed by atoms with Crippen molar-refractivity contribution in [1.82, 2.24) is 0 Å². The number of sulfonamides is 1. The lowest BCUT2D eigenvalue weighted by atomic mass is 10.1. The molecular formula is C16H18N2O2S. The summed E-state index contributed by atoms with van der Waals surface area (Å²) in [4.78, 5) is 0.290. The average Bonchev–Trinajstić information content (AvgIpc) is 2.78. The zero-order valence-corrected chi connectivity index (χ0v) is 12.9. The standard InChI is InChI=1S/C16H18N2O2S/c1-11-9-14(7-8-15(11)17)21(19,20)18-12(2)10-13-5-3-4-6-16(13)18/h3-9,12H,10,17H2,1-2H3. The largest absolute Gasteiger partial charge is 0.399 e. The van der Waals surface area contributed by atoms with Gasteiger partial charge in [0.2, 0.25) is 0 Å². The second kappa shape index (κ2) is 4.77. The number of para-hydroxylation sites is 1. The summed E-state index contributed by atoms with van der Waals surface area (Å²) in [5, 5.41) is 0. The van der Waals surface area contributed by atoms with Gasteiger partial charge in [0.15, 0.2) is 0 Å². The van der Waals surface area contributed by atoms with E-state index in [1.807, 2.05) is 38.1 Å². The van der Waals surface area contributed by atoms with Gasteiger partial charge >= 0.3 is 0 Å². The topological polar surface area (TPSA) is 63.4 Å². The summed E-state index contributed by atoms with van der Waals surface area (Å²) < 4.78 is 27.4. The molecule has 110 valence electrons. The van der Waals surface area contributed by atoms with Crippen LogP contribution >= 0.6 is 0 Å². The molecule has 0 spiro atoms. The van der Waals surface area contributed by atoms with Gasteiger partial charge in [0.25, 0.3) is 10.0 Å². The zero-order valence-electron chi connectivity index (χ0n) is 12.1. The molecule has 1 unspecified atom stereocenters. The van der Waals surface area contributed by atoms with E-state index in [1.54, 1.807) is 18.2 Å². The van der Waals surface area contributed by atoms with Crippen molar-refractivity contribution in [3.63, 3.8) is 0 Å². The highest BCUT2D eigenvalue weighted by Gasteiger charge is 2.35. The molecule has 0 fully saturated rings. The fourth-order valence-corrected chi connectivity index (χ4v) is 4.60. The summed E-state index contributed by atoms with van der Waals surface area (Å²) in [5.74, 6) is 0. The Morgan fingerprint density at radius 2 is 1.90 bits per heavy atom. The van der Waals surface area contributed by atoms with E-state index in [2.05, 4.69) is 0 Å². The average molecular weight is 302 g/mol. The lowest BCUT2D eigenvalue weighted by molar-refractivity contribution is 0.584. The van der Waals surface area contributed by atoms with Crippen LogP contribution < -0.4 is 10.0 Å². The molecule has 21 heavy (non-hydrogen) atoms. The molecule has 1 aliphatic rings. The van der Waals surface area contributed by atoms with Crippen LogP contribution in [0, 0.1) is 6.92 Å². The van der Waals surface area contributed by atoms with Gasteiger partial charge in [0, 0.05) is 11.7 Å². The van der Waals surface area contributed by atoms with Crippen molar-refractivity contribution in [2.75, 3.05) is 10.0 Å². The molecule has 5 heteroatoms. The monoisotopic (exact) mass is 302 g/mol. The van der Waals surface area contributed by atoms with Gasteiger partial charge < -0.3 is 5.73 Å². The van der Waals surface area contributed by atoms with Crippen LogP contribution in [0.3, 0.4) is 0 Å². The van der Waals surface area contributed by atoms with Gasteiger partial charge in [-0.25, -0.2) is 8.42 Å². The van der Waals surface area contributed by atoms with Crippen molar-refractivity contribution in [2.24, 2.45) is 0 Å². The third-order valence-electron chi connectivity index (χ3n) is 3.94. The molecule has 4 nitrogen and oxygen atoms in total. The first-order valence-electron chi connectivity index (χ1n) is 6.90. The number of benzene rings is 2. The second-order valence-electron chi connectivity index (χ2n) is 5.50. The van der Waals surface area contributed by atoms with E-state index < -0.39 is 10.0 Å². The summed E-state index contributed by atoms with van der Waals surface area (Å²) in [6.07, 6.45) is 0.739. The van der Waals surface area contributed by atoms with Crippen molar-refractivity contribution in [3.05, 3.63) is 53.6 Å². The number of anilines is 2. The van der Waals surface area contributed by atoms with Gasteiger partial charge in [-0.2, -0.15) is 0 Å². The highest BCUT2D eigenvalue weighted by molar-refractivity contribution is 7.92. The molecule has 3 rings (SSSR count). The quantitative estimate of drug-likeness (QED) is 0.868. The minimum absolute atomic E-state index is 0.0785. The molecule has 2 N–H and O–H groups in total. The summed E-state index contributed by atoms with van der Waals surface area (Å²) in [6, 6.07) is 12.4. The molecule has 1 aliphatic heterocycles. The number of nitrogens with zero attached hydrogens (tertiary/aromatic N) is 1. The Morgan fingerprint density at radius 1 is 1.19 bits per heavy atom. The van der Waals surface area contributed by atoms with E-state index in [0.717, 1.165) is 23.2 Å². The van der Waals surface area contributed by atoms with Crippen molar-refractivity contribution in [3.8, 4) is 0 Å². The Morgan fingerprint density at radius 3 is 2.62 bits per heavy atom. The Bertz CT molecular complexity index is 800. The Balaban J connectivity index is 2.12. The van der Waals surface area contributed by atoms with Crippen molar-refractivity contribution in [1.29, 1.82) is 0 Å². The maximum absolute atomic E-state index is 13.0. The first kappa shape index (κ1) is 13.9. The highest BCUT2D eigenvalue weighted by Crippen LogP contribution is 2.36. The first-order chi connectivity index (χ1) is 9.91. The van der Waals surface area contributed by atoms with Crippen LogP contribution in [0.5, 0.6) is 0 Å². The van der Waals surface area contributed by atoms with Crippen LogP contribution in [0.25, 0.3) is 0 Å². The predicted octanol–water partition coefficient (Wildman–Crippen LogP) is 2.72. The predicted molar refractivity (Wildman–Crippen MR) is 84.9 cm³/mol. The van der Waals surface area contributed by atoms with E-state index in [9.17, 15) is 8.42 Å². The number of nitrogen functional groups attached to an aromatic ring is 1. The molecule has 0 aromatic heterocycles. The van der Waals surface area contributed by atoms with E-state index >= 15 is 0 Å². The van der Waals surface area contributed by atoms with Crippen molar-refractivity contribution in [2.45, 2.75) is 31.2 Å². The molecule has 0 saturated carbocycles. The lowest BCUT2D eigenvalue weighted by Gasteiger charge is -2.24. The lowest BCUT2D eigenvalue weighted by Crippen LogP contribution is -2.35. The number of nitrogens with two attached hydrogens (primary N) is 1. The maximum atomic E-state index is 13.0. The highest BCUT2D eigenvalue weighted by atomic mass is 32.2. The van der Waals surface area contributed by atoms with Gasteiger partial charge in [0.05, 0.1) is 10.6 Å². The molecule has 2 aromatic rings. The normalized spacial score (nSPS) is 17.8. The van der Waals surface area contributed by atoms with E-state index in [1.165, 1.54) is 4.31 Å². The molecule has 0 saturated heterocycles.